The minimum Gasteiger partial charge on any atom is -0.495 e. The zero-order valence-electron chi connectivity index (χ0n) is 19.1. The van der Waals surface area contributed by atoms with E-state index in [0.29, 0.717) is 42.9 Å². The first-order valence-corrected chi connectivity index (χ1v) is 11.3. The van der Waals surface area contributed by atoms with Gasteiger partial charge in [0.2, 0.25) is 11.8 Å². The summed E-state index contributed by atoms with van der Waals surface area (Å²) in [5.41, 5.74) is 1.36. The highest BCUT2D eigenvalue weighted by molar-refractivity contribution is 6.25. The van der Waals surface area contributed by atoms with Crippen molar-refractivity contribution in [2.45, 2.75) is 31.7 Å². The van der Waals surface area contributed by atoms with Gasteiger partial charge in [-0.2, -0.15) is 0 Å². The monoisotopic (exact) mass is 479 g/mol. The Morgan fingerprint density at radius 1 is 1.14 bits per heavy atom. The van der Waals surface area contributed by atoms with Gasteiger partial charge >= 0.3 is 0 Å². The zero-order valence-corrected chi connectivity index (χ0v) is 19.1. The number of pyridine rings is 1. The van der Waals surface area contributed by atoms with Crippen LogP contribution in [0.15, 0.2) is 36.7 Å². The molecule has 1 atom stereocenters. The first-order chi connectivity index (χ1) is 16.9. The van der Waals surface area contributed by atoms with Gasteiger partial charge in [-0.3, -0.25) is 39.2 Å². The Morgan fingerprint density at radius 2 is 1.94 bits per heavy atom. The molecule has 2 aliphatic heterocycles. The average molecular weight is 479 g/mol. The number of anilines is 1. The van der Waals surface area contributed by atoms with Gasteiger partial charge < -0.3 is 15.4 Å². The van der Waals surface area contributed by atoms with Gasteiger partial charge in [0.25, 0.3) is 17.7 Å². The number of aromatic nitrogens is 1. The molecule has 5 amide bonds. The lowest BCUT2D eigenvalue weighted by molar-refractivity contribution is -0.136. The standard InChI is InChI=1S/C24H25N5O6/c1-35-15-11-14(12-25-13-15)21(31)27-10-3-2-9-26-17-6-4-5-16-20(17)24(34)29(23(16)33)18-7-8-19(30)28-22(18)32/h4-6,11-13,18,26H,2-3,7-10H2,1H3,(H,27,31)(H,28,30,32). The zero-order chi connectivity index (χ0) is 24.9. The van der Waals surface area contributed by atoms with Gasteiger partial charge in [-0.15, -0.1) is 0 Å². The normalized spacial score (nSPS) is 17.2. The number of amides is 5. The van der Waals surface area contributed by atoms with Gasteiger partial charge in [0, 0.05) is 31.4 Å². The third kappa shape index (κ3) is 4.98. The van der Waals surface area contributed by atoms with E-state index in [2.05, 4.69) is 20.9 Å². The molecule has 1 aromatic carbocycles. The first kappa shape index (κ1) is 23.9. The highest BCUT2D eigenvalue weighted by Gasteiger charge is 2.45. The molecule has 0 radical (unpaired) electrons. The van der Waals surface area contributed by atoms with Crippen LogP contribution in [0.3, 0.4) is 0 Å². The van der Waals surface area contributed by atoms with Crippen molar-refractivity contribution in [3.05, 3.63) is 53.3 Å². The molecule has 182 valence electrons. The predicted molar refractivity (Wildman–Crippen MR) is 124 cm³/mol. The van der Waals surface area contributed by atoms with E-state index in [1.165, 1.54) is 19.5 Å². The highest BCUT2D eigenvalue weighted by Crippen LogP contribution is 2.32. The summed E-state index contributed by atoms with van der Waals surface area (Å²) in [5.74, 6) is -1.90. The summed E-state index contributed by atoms with van der Waals surface area (Å²) in [6.45, 7) is 0.957. The molecule has 2 aliphatic rings. The summed E-state index contributed by atoms with van der Waals surface area (Å²) in [5, 5.41) is 8.19. The van der Waals surface area contributed by atoms with Gasteiger partial charge in [0.05, 0.1) is 30.0 Å². The number of unbranched alkanes of at least 4 members (excludes halogenated alkanes) is 1. The summed E-state index contributed by atoms with van der Waals surface area (Å²) >= 11 is 0. The molecule has 3 heterocycles. The van der Waals surface area contributed by atoms with Crippen molar-refractivity contribution in [1.29, 1.82) is 0 Å². The maximum atomic E-state index is 13.1. The van der Waals surface area contributed by atoms with Crippen LogP contribution >= 0.6 is 0 Å². The molecule has 4 rings (SSSR count). The summed E-state index contributed by atoms with van der Waals surface area (Å²) in [6.07, 6.45) is 4.53. The third-order valence-electron chi connectivity index (χ3n) is 5.88. The summed E-state index contributed by atoms with van der Waals surface area (Å²) < 4.78 is 5.07. The van der Waals surface area contributed by atoms with Crippen LogP contribution in [0.4, 0.5) is 5.69 Å². The maximum Gasteiger partial charge on any atom is 0.264 e. The van der Waals surface area contributed by atoms with E-state index in [4.69, 9.17) is 4.74 Å². The van der Waals surface area contributed by atoms with Gasteiger partial charge in [0.1, 0.15) is 11.8 Å². The van der Waals surface area contributed by atoms with Crippen molar-refractivity contribution in [2.75, 3.05) is 25.5 Å². The molecular formula is C24H25N5O6. The van der Waals surface area contributed by atoms with E-state index in [-0.39, 0.29) is 29.9 Å². The SMILES string of the molecule is COc1cncc(C(=O)NCCCCNc2cccc3c2C(=O)N(C2CCC(=O)NC2=O)C3=O)c1. The van der Waals surface area contributed by atoms with Crippen LogP contribution in [-0.4, -0.2) is 65.7 Å². The molecule has 35 heavy (non-hydrogen) atoms. The van der Waals surface area contributed by atoms with Gasteiger partial charge in [0.15, 0.2) is 0 Å². The third-order valence-corrected chi connectivity index (χ3v) is 5.88. The van der Waals surface area contributed by atoms with Crippen molar-refractivity contribution in [3.8, 4) is 5.75 Å². The van der Waals surface area contributed by atoms with Crippen LogP contribution in [0.1, 0.15) is 56.8 Å². The number of hydrogen-bond donors (Lipinski definition) is 3. The number of imide groups is 2. The lowest BCUT2D eigenvalue weighted by atomic mass is 10.0. The number of benzene rings is 1. The minimum atomic E-state index is -1.00. The summed E-state index contributed by atoms with van der Waals surface area (Å²) in [6, 6.07) is 5.53. The predicted octanol–water partition coefficient (Wildman–Crippen LogP) is 1.11. The number of ether oxygens (including phenoxy) is 1. The number of hydrogen-bond acceptors (Lipinski definition) is 8. The van der Waals surface area contributed by atoms with Crippen LogP contribution < -0.4 is 20.7 Å². The van der Waals surface area contributed by atoms with Crippen LogP contribution in [0, 0.1) is 0 Å². The molecular weight excluding hydrogens is 454 g/mol. The van der Waals surface area contributed by atoms with E-state index in [9.17, 15) is 24.0 Å². The van der Waals surface area contributed by atoms with Crippen molar-refractivity contribution in [2.24, 2.45) is 0 Å². The molecule has 0 aliphatic carbocycles. The van der Waals surface area contributed by atoms with Crippen molar-refractivity contribution in [3.63, 3.8) is 0 Å². The number of nitrogens with one attached hydrogen (secondary N) is 3. The Balaban J connectivity index is 1.30. The second-order valence-electron chi connectivity index (χ2n) is 8.18. The molecule has 1 aromatic heterocycles. The molecule has 0 spiro atoms. The molecule has 0 bridgehead atoms. The smallest absolute Gasteiger partial charge is 0.264 e. The Hall–Kier alpha value is -4.28. The molecule has 11 heteroatoms. The van der Waals surface area contributed by atoms with E-state index >= 15 is 0 Å². The fraction of sp³-hybridized carbons (Fsp3) is 0.333. The van der Waals surface area contributed by atoms with Gasteiger partial charge in [-0.1, -0.05) is 6.07 Å². The van der Waals surface area contributed by atoms with Crippen molar-refractivity contribution < 1.29 is 28.7 Å². The van der Waals surface area contributed by atoms with Gasteiger partial charge in [-0.05, 0) is 37.5 Å². The lowest BCUT2D eigenvalue weighted by Gasteiger charge is -2.27. The van der Waals surface area contributed by atoms with E-state index in [1.54, 1.807) is 24.3 Å². The molecule has 3 N–H and O–H groups in total. The number of carbonyl (C=O) groups is 5. The first-order valence-electron chi connectivity index (χ1n) is 11.3. The van der Waals surface area contributed by atoms with E-state index in [1.807, 2.05) is 0 Å². The fourth-order valence-corrected chi connectivity index (χ4v) is 4.09. The Bertz CT molecular complexity index is 1200. The summed E-state index contributed by atoms with van der Waals surface area (Å²) in [7, 11) is 1.50. The van der Waals surface area contributed by atoms with Crippen LogP contribution in [0.2, 0.25) is 0 Å². The van der Waals surface area contributed by atoms with Crippen LogP contribution in [0.25, 0.3) is 0 Å². The van der Waals surface area contributed by atoms with Crippen molar-refractivity contribution in [1.82, 2.24) is 20.5 Å². The van der Waals surface area contributed by atoms with Gasteiger partial charge in [-0.25, -0.2) is 0 Å². The average Bonchev–Trinajstić information content (AvgIpc) is 3.11. The number of methoxy groups -OCH3 is 1. The maximum absolute atomic E-state index is 13.1. The number of fused-ring (bicyclic) bond motifs is 1. The number of carbonyl (C=O) groups excluding carboxylic acids is 5. The van der Waals surface area contributed by atoms with E-state index < -0.39 is 29.7 Å². The Kier molecular flexibility index (Phi) is 7.04. The Labute approximate surface area is 201 Å². The number of piperidine rings is 1. The van der Waals surface area contributed by atoms with Crippen LogP contribution in [-0.2, 0) is 9.59 Å². The number of rotatable bonds is 9. The molecule has 1 unspecified atom stereocenters. The molecule has 1 saturated heterocycles. The molecule has 11 nitrogen and oxygen atoms in total. The highest BCUT2D eigenvalue weighted by atomic mass is 16.5. The molecule has 1 fully saturated rings. The second-order valence-corrected chi connectivity index (χ2v) is 8.18. The number of nitrogens with zero attached hydrogens (tertiary/aromatic N) is 2. The Morgan fingerprint density at radius 3 is 2.71 bits per heavy atom. The lowest BCUT2D eigenvalue weighted by Crippen LogP contribution is -2.54. The minimum absolute atomic E-state index is 0.0692. The largest absolute Gasteiger partial charge is 0.495 e. The molecule has 2 aromatic rings. The van der Waals surface area contributed by atoms with E-state index in [0.717, 1.165) is 4.90 Å². The topological polar surface area (TPSA) is 147 Å². The summed E-state index contributed by atoms with van der Waals surface area (Å²) in [4.78, 5) is 66.8. The second kappa shape index (κ2) is 10.3. The molecule has 0 saturated carbocycles. The quantitative estimate of drug-likeness (QED) is 0.358. The van der Waals surface area contributed by atoms with Crippen LogP contribution in [0.5, 0.6) is 5.75 Å². The van der Waals surface area contributed by atoms with Crippen molar-refractivity contribution >= 4 is 35.2 Å². The fourth-order valence-electron chi connectivity index (χ4n) is 4.09.